The zero-order chi connectivity index (χ0) is 36.8. The quantitative estimate of drug-likeness (QED) is 0.0630. The first-order valence-corrected chi connectivity index (χ1v) is 20.2. The van der Waals surface area contributed by atoms with Crippen molar-refractivity contribution in [2.75, 3.05) is 46.0 Å². The van der Waals surface area contributed by atoms with Crippen LogP contribution in [0.15, 0.2) is 60.7 Å². The SMILES string of the molecule is C[C@]1(COc2ccc3c(c2)C3OCCCCCCC2CCNC[C@@H]2OC[C@H](O)c2ccccc2C2CCCC2)CN1C[C@H](O)c1ccc(O)c(CO)c1. The second-order valence-corrected chi connectivity index (χ2v) is 16.2. The molecule has 0 bridgehead atoms. The van der Waals surface area contributed by atoms with Gasteiger partial charge in [0.2, 0.25) is 0 Å². The van der Waals surface area contributed by atoms with Crippen molar-refractivity contribution >= 4 is 0 Å². The number of rotatable bonds is 20. The van der Waals surface area contributed by atoms with Crippen LogP contribution in [0.2, 0.25) is 0 Å². The van der Waals surface area contributed by atoms with E-state index in [1.165, 1.54) is 67.7 Å². The molecule has 3 aromatic rings. The van der Waals surface area contributed by atoms with Gasteiger partial charge in [-0.2, -0.15) is 0 Å². The van der Waals surface area contributed by atoms with E-state index in [4.69, 9.17) is 14.2 Å². The number of nitrogens with zero attached hydrogens (tertiary/aromatic N) is 1. The number of piperidine rings is 1. The molecule has 1 saturated carbocycles. The third kappa shape index (κ3) is 9.62. The Morgan fingerprint density at radius 3 is 2.57 bits per heavy atom. The van der Waals surface area contributed by atoms with Gasteiger partial charge in [0.05, 0.1) is 31.0 Å². The summed E-state index contributed by atoms with van der Waals surface area (Å²) >= 11 is 0. The van der Waals surface area contributed by atoms with E-state index in [-0.39, 0.29) is 30.1 Å². The lowest BCUT2D eigenvalue weighted by atomic mass is 9.89. The molecule has 0 aromatic heterocycles. The van der Waals surface area contributed by atoms with Crippen LogP contribution < -0.4 is 10.1 Å². The largest absolute Gasteiger partial charge is 0.508 e. The lowest BCUT2D eigenvalue weighted by Crippen LogP contribution is -2.42. The molecule has 2 aliphatic carbocycles. The summed E-state index contributed by atoms with van der Waals surface area (Å²) in [6.07, 6.45) is 10.9. The minimum Gasteiger partial charge on any atom is -0.508 e. The Bertz CT molecular complexity index is 1650. The fourth-order valence-corrected chi connectivity index (χ4v) is 8.71. The maximum Gasteiger partial charge on any atom is 0.121 e. The van der Waals surface area contributed by atoms with Crippen LogP contribution in [0, 0.1) is 5.92 Å². The van der Waals surface area contributed by atoms with E-state index in [9.17, 15) is 20.4 Å². The Hall–Kier alpha value is -3.02. The number of aliphatic hydroxyl groups is 3. The molecule has 3 aromatic carbocycles. The van der Waals surface area contributed by atoms with Gasteiger partial charge in [-0.05, 0) is 109 Å². The standard InChI is InChI=1S/C44H60N2O7/c1-44(28-46(44)25-40(49)32-15-18-39(48)33(22-32)26-47)29-53-34-16-17-37-38(23-34)43(37)51-21-9-3-2-4-12-31-19-20-45-24-42(31)52-27-41(50)36-14-8-7-13-35(36)30-10-5-6-11-30/h7-8,13-18,22-23,30-31,40-43,45,47-50H,2-6,9-12,19-21,24-29H2,1H3/t31?,40-,41-,42-,43?,44+,46?/m0/s1. The molecule has 288 valence electrons. The molecule has 2 saturated heterocycles. The Kier molecular flexibility index (Phi) is 12.7. The van der Waals surface area contributed by atoms with Gasteiger partial charge in [-0.15, -0.1) is 0 Å². The number of phenols is 1. The number of nitrogens with one attached hydrogen (secondary N) is 1. The average molecular weight is 729 g/mol. The molecule has 2 aliphatic heterocycles. The normalized spacial score (nSPS) is 26.3. The summed E-state index contributed by atoms with van der Waals surface area (Å²) in [5, 5.41) is 44.7. The summed E-state index contributed by atoms with van der Waals surface area (Å²) in [4.78, 5) is 2.19. The van der Waals surface area contributed by atoms with Crippen LogP contribution in [0.5, 0.6) is 11.5 Å². The first-order valence-electron chi connectivity index (χ1n) is 20.2. The second kappa shape index (κ2) is 17.6. The number of hydrogen-bond acceptors (Lipinski definition) is 9. The number of ether oxygens (including phenoxy) is 3. The van der Waals surface area contributed by atoms with E-state index >= 15 is 0 Å². The summed E-state index contributed by atoms with van der Waals surface area (Å²) in [5.74, 6) is 1.99. The summed E-state index contributed by atoms with van der Waals surface area (Å²) in [6.45, 7) is 6.71. The number of unbranched alkanes of at least 4 members (excludes halogenated alkanes) is 3. The molecule has 9 nitrogen and oxygen atoms in total. The van der Waals surface area contributed by atoms with Gasteiger partial charge in [-0.3, -0.25) is 4.90 Å². The van der Waals surface area contributed by atoms with Crippen molar-refractivity contribution in [3.05, 3.63) is 94.0 Å². The van der Waals surface area contributed by atoms with Gasteiger partial charge in [-0.1, -0.05) is 68.5 Å². The number of β-amino-alcohol motifs (C(OH)–C–C–N with tert-alkyl or cyclic N) is 1. The van der Waals surface area contributed by atoms with Crippen LogP contribution in [0.3, 0.4) is 0 Å². The number of aliphatic hydroxyl groups excluding tert-OH is 3. The Balaban J connectivity index is 0.761. The smallest absolute Gasteiger partial charge is 0.121 e. The molecular weight excluding hydrogens is 668 g/mol. The summed E-state index contributed by atoms with van der Waals surface area (Å²) in [7, 11) is 0. The number of fused-ring (bicyclic) bond motifs is 1. The van der Waals surface area contributed by atoms with Crippen molar-refractivity contribution < 1.29 is 34.6 Å². The fourth-order valence-electron chi connectivity index (χ4n) is 8.71. The summed E-state index contributed by atoms with van der Waals surface area (Å²) in [6, 6.07) is 19.5. The lowest BCUT2D eigenvalue weighted by Gasteiger charge is -2.33. The maximum atomic E-state index is 11.1. The van der Waals surface area contributed by atoms with Gasteiger partial charge in [0.1, 0.15) is 30.3 Å². The maximum absolute atomic E-state index is 11.1. The molecule has 9 heteroatoms. The highest BCUT2D eigenvalue weighted by Crippen LogP contribution is 2.46. The van der Waals surface area contributed by atoms with E-state index in [2.05, 4.69) is 47.5 Å². The highest BCUT2D eigenvalue weighted by atomic mass is 16.5. The zero-order valence-corrected chi connectivity index (χ0v) is 31.4. The van der Waals surface area contributed by atoms with Gasteiger partial charge < -0.3 is 40.0 Å². The first kappa shape index (κ1) is 38.3. The molecule has 0 spiro atoms. The minimum absolute atomic E-state index is 0.0351. The van der Waals surface area contributed by atoms with Crippen LogP contribution >= 0.6 is 0 Å². The molecule has 2 heterocycles. The van der Waals surface area contributed by atoms with Gasteiger partial charge in [0.15, 0.2) is 0 Å². The Labute approximate surface area is 315 Å². The lowest BCUT2D eigenvalue weighted by molar-refractivity contribution is -0.0465. The van der Waals surface area contributed by atoms with Gasteiger partial charge in [0.25, 0.3) is 0 Å². The molecule has 3 fully saturated rings. The van der Waals surface area contributed by atoms with Gasteiger partial charge >= 0.3 is 0 Å². The topological polar surface area (TPSA) is 124 Å². The minimum atomic E-state index is -0.712. The number of hydrogen-bond donors (Lipinski definition) is 5. The average Bonchev–Trinajstić information content (AvgIpc) is 3.94. The van der Waals surface area contributed by atoms with Crippen molar-refractivity contribution in [3.63, 3.8) is 0 Å². The van der Waals surface area contributed by atoms with Gasteiger partial charge in [0, 0.05) is 31.8 Å². The summed E-state index contributed by atoms with van der Waals surface area (Å²) < 4.78 is 18.8. The van der Waals surface area contributed by atoms with E-state index in [1.54, 1.807) is 12.1 Å². The highest BCUT2D eigenvalue weighted by molar-refractivity contribution is 5.53. The third-order valence-corrected chi connectivity index (χ3v) is 12.3. The van der Waals surface area contributed by atoms with Crippen LogP contribution in [0.25, 0.3) is 0 Å². The number of benzene rings is 3. The predicted octanol–water partition coefficient (Wildman–Crippen LogP) is 6.83. The first-order chi connectivity index (χ1) is 25.8. The van der Waals surface area contributed by atoms with E-state index < -0.39 is 12.2 Å². The Morgan fingerprint density at radius 1 is 0.887 bits per heavy atom. The Morgan fingerprint density at radius 2 is 1.72 bits per heavy atom. The molecule has 0 radical (unpaired) electrons. The van der Waals surface area contributed by atoms with Crippen molar-refractivity contribution in [1.29, 1.82) is 0 Å². The molecule has 53 heavy (non-hydrogen) atoms. The van der Waals surface area contributed by atoms with E-state index in [0.29, 0.717) is 42.7 Å². The van der Waals surface area contributed by atoms with Crippen LogP contribution in [-0.2, 0) is 16.1 Å². The van der Waals surface area contributed by atoms with E-state index in [0.717, 1.165) is 56.8 Å². The second-order valence-electron chi connectivity index (χ2n) is 16.2. The molecular formula is C44H60N2O7. The van der Waals surface area contributed by atoms with Crippen molar-refractivity contribution in [2.45, 2.75) is 114 Å². The zero-order valence-electron chi connectivity index (χ0n) is 31.4. The van der Waals surface area contributed by atoms with Crippen LogP contribution in [0.1, 0.15) is 129 Å². The third-order valence-electron chi connectivity index (χ3n) is 12.3. The van der Waals surface area contributed by atoms with Crippen molar-refractivity contribution in [3.8, 4) is 11.5 Å². The molecule has 7 rings (SSSR count). The fraction of sp³-hybridized carbons (Fsp3) is 0.591. The monoisotopic (exact) mass is 728 g/mol. The molecule has 7 atom stereocenters. The van der Waals surface area contributed by atoms with E-state index in [1.807, 2.05) is 12.1 Å². The number of aromatic hydroxyl groups is 1. The van der Waals surface area contributed by atoms with Crippen molar-refractivity contribution in [2.24, 2.45) is 5.92 Å². The molecule has 5 N–H and O–H groups in total. The van der Waals surface area contributed by atoms with Crippen LogP contribution in [0.4, 0.5) is 0 Å². The van der Waals surface area contributed by atoms with Crippen LogP contribution in [-0.4, -0.2) is 83.0 Å². The molecule has 0 amide bonds. The molecule has 3 unspecified atom stereocenters. The predicted molar refractivity (Wildman–Crippen MR) is 205 cm³/mol. The highest BCUT2D eigenvalue weighted by Gasteiger charge is 2.49. The summed E-state index contributed by atoms with van der Waals surface area (Å²) in [5.41, 5.74) is 5.79. The molecule has 4 aliphatic rings. The van der Waals surface area contributed by atoms with Gasteiger partial charge in [-0.25, -0.2) is 0 Å². The van der Waals surface area contributed by atoms with Crippen molar-refractivity contribution in [1.82, 2.24) is 10.2 Å².